The Morgan fingerprint density at radius 1 is 1.50 bits per heavy atom. The molecule has 0 radical (unpaired) electrons. The summed E-state index contributed by atoms with van der Waals surface area (Å²) in [6.07, 6.45) is 1.57. The SMILES string of the molecule is COC(=O)C(C)=CCNCCSC(F)(F)F. The first kappa shape index (κ1) is 15.3. The summed E-state index contributed by atoms with van der Waals surface area (Å²) in [4.78, 5) is 10.9. The largest absolute Gasteiger partial charge is 0.466 e. The van der Waals surface area contributed by atoms with Crippen molar-refractivity contribution in [3.05, 3.63) is 11.6 Å². The first-order valence-corrected chi connectivity index (χ1v) is 5.52. The second-order valence-corrected chi connectivity index (χ2v) is 4.04. The molecule has 0 saturated carbocycles. The van der Waals surface area contributed by atoms with E-state index in [1.54, 1.807) is 13.0 Å². The summed E-state index contributed by atoms with van der Waals surface area (Å²) >= 11 is -0.0716. The van der Waals surface area contributed by atoms with Crippen LogP contribution in [0.1, 0.15) is 6.92 Å². The topological polar surface area (TPSA) is 38.3 Å². The number of rotatable bonds is 6. The number of hydrogen-bond acceptors (Lipinski definition) is 4. The van der Waals surface area contributed by atoms with Crippen LogP contribution in [0.3, 0.4) is 0 Å². The lowest BCUT2D eigenvalue weighted by Gasteiger charge is -2.05. The number of carbonyl (C=O) groups is 1. The Kier molecular flexibility index (Phi) is 7.24. The number of hydrogen-bond donors (Lipinski definition) is 1. The standard InChI is InChI=1S/C9H14F3NO2S/c1-7(8(14)15-2)3-4-13-5-6-16-9(10,11)12/h3,13H,4-6H2,1-2H3. The lowest BCUT2D eigenvalue weighted by Crippen LogP contribution is -2.19. The third-order valence-corrected chi connectivity index (χ3v) is 2.34. The van der Waals surface area contributed by atoms with Crippen LogP contribution < -0.4 is 5.32 Å². The molecule has 0 aliphatic rings. The first-order chi connectivity index (χ1) is 7.37. The average Bonchev–Trinajstić information content (AvgIpc) is 2.20. The van der Waals surface area contributed by atoms with Gasteiger partial charge in [-0.1, -0.05) is 6.08 Å². The van der Waals surface area contributed by atoms with Crippen LogP contribution in [0, 0.1) is 0 Å². The van der Waals surface area contributed by atoms with Gasteiger partial charge < -0.3 is 10.1 Å². The van der Waals surface area contributed by atoms with E-state index in [4.69, 9.17) is 0 Å². The Bertz CT molecular complexity index is 254. The molecule has 0 rings (SSSR count). The normalized spacial score (nSPS) is 12.7. The molecular formula is C9H14F3NO2S. The summed E-state index contributed by atoms with van der Waals surface area (Å²) in [6.45, 7) is 2.16. The number of carbonyl (C=O) groups excluding carboxylic acids is 1. The number of alkyl halides is 3. The summed E-state index contributed by atoms with van der Waals surface area (Å²) < 4.78 is 39.6. The van der Waals surface area contributed by atoms with Crippen LogP contribution in [0.25, 0.3) is 0 Å². The molecule has 0 atom stereocenters. The summed E-state index contributed by atoms with van der Waals surface area (Å²) in [6, 6.07) is 0. The highest BCUT2D eigenvalue weighted by molar-refractivity contribution is 8.00. The molecule has 0 saturated heterocycles. The van der Waals surface area contributed by atoms with E-state index in [-0.39, 0.29) is 24.1 Å². The number of thioether (sulfide) groups is 1. The number of ether oxygens (including phenoxy) is 1. The van der Waals surface area contributed by atoms with Gasteiger partial charge in [0.2, 0.25) is 0 Å². The Morgan fingerprint density at radius 2 is 2.12 bits per heavy atom. The number of halogens is 3. The average molecular weight is 257 g/mol. The highest BCUT2D eigenvalue weighted by atomic mass is 32.2. The van der Waals surface area contributed by atoms with E-state index in [2.05, 4.69) is 10.1 Å². The quantitative estimate of drug-likeness (QED) is 0.448. The summed E-state index contributed by atoms with van der Waals surface area (Å²) in [5.41, 5.74) is -3.75. The van der Waals surface area contributed by atoms with E-state index in [1.165, 1.54) is 7.11 Å². The Morgan fingerprint density at radius 3 is 2.62 bits per heavy atom. The minimum atomic E-state index is -4.18. The maximum atomic E-state index is 11.7. The lowest BCUT2D eigenvalue weighted by atomic mass is 10.3. The van der Waals surface area contributed by atoms with Gasteiger partial charge in [-0.2, -0.15) is 13.2 Å². The molecule has 0 unspecified atom stereocenters. The summed E-state index contributed by atoms with van der Waals surface area (Å²) in [7, 11) is 1.27. The number of esters is 1. The fourth-order valence-corrected chi connectivity index (χ4v) is 1.29. The molecule has 0 fully saturated rings. The van der Waals surface area contributed by atoms with E-state index in [0.717, 1.165) is 0 Å². The van der Waals surface area contributed by atoms with Gasteiger partial charge in [0.15, 0.2) is 0 Å². The van der Waals surface area contributed by atoms with Crippen molar-refractivity contribution in [1.82, 2.24) is 5.32 Å². The van der Waals surface area contributed by atoms with E-state index in [9.17, 15) is 18.0 Å². The van der Waals surface area contributed by atoms with Crippen molar-refractivity contribution in [2.24, 2.45) is 0 Å². The van der Waals surface area contributed by atoms with E-state index in [1.807, 2.05) is 0 Å². The molecule has 1 N–H and O–H groups in total. The maximum absolute atomic E-state index is 11.7. The van der Waals surface area contributed by atoms with Gasteiger partial charge in [-0.25, -0.2) is 4.79 Å². The van der Waals surface area contributed by atoms with Crippen molar-refractivity contribution < 1.29 is 22.7 Å². The third-order valence-electron chi connectivity index (χ3n) is 1.60. The van der Waals surface area contributed by atoms with Gasteiger partial charge >= 0.3 is 11.5 Å². The summed E-state index contributed by atoms with van der Waals surface area (Å²) in [5, 5.41) is 2.76. The fourth-order valence-electron chi connectivity index (χ4n) is 0.811. The van der Waals surface area contributed by atoms with E-state index in [0.29, 0.717) is 12.1 Å². The zero-order valence-corrected chi connectivity index (χ0v) is 9.87. The van der Waals surface area contributed by atoms with Crippen LogP contribution in [-0.2, 0) is 9.53 Å². The summed E-state index contributed by atoms with van der Waals surface area (Å²) in [5.74, 6) is -0.485. The van der Waals surface area contributed by atoms with Crippen LogP contribution >= 0.6 is 11.8 Å². The van der Waals surface area contributed by atoms with Crippen LogP contribution in [0.5, 0.6) is 0 Å². The van der Waals surface area contributed by atoms with Gasteiger partial charge in [0, 0.05) is 24.4 Å². The monoisotopic (exact) mass is 257 g/mol. The van der Waals surface area contributed by atoms with Crippen molar-refractivity contribution in [3.63, 3.8) is 0 Å². The smallest absolute Gasteiger partial charge is 0.441 e. The molecule has 0 aromatic heterocycles. The first-order valence-electron chi connectivity index (χ1n) is 4.53. The number of methoxy groups -OCH3 is 1. The molecule has 3 nitrogen and oxygen atoms in total. The second-order valence-electron chi connectivity index (χ2n) is 2.88. The van der Waals surface area contributed by atoms with Crippen LogP contribution in [0.15, 0.2) is 11.6 Å². The predicted octanol–water partition coefficient (Wildman–Crippen LogP) is 1.95. The molecule has 16 heavy (non-hydrogen) atoms. The molecule has 94 valence electrons. The van der Waals surface area contributed by atoms with Crippen LogP contribution in [0.2, 0.25) is 0 Å². The molecule has 7 heteroatoms. The minimum Gasteiger partial charge on any atom is -0.466 e. The van der Waals surface area contributed by atoms with Gasteiger partial charge in [-0.3, -0.25) is 0 Å². The van der Waals surface area contributed by atoms with E-state index >= 15 is 0 Å². The van der Waals surface area contributed by atoms with Gasteiger partial charge in [0.25, 0.3) is 0 Å². The van der Waals surface area contributed by atoms with E-state index < -0.39 is 11.5 Å². The van der Waals surface area contributed by atoms with Gasteiger partial charge in [-0.05, 0) is 18.7 Å². The molecule has 0 amide bonds. The molecule has 0 aliphatic carbocycles. The van der Waals surface area contributed by atoms with Crippen molar-refractivity contribution in [3.8, 4) is 0 Å². The third kappa shape index (κ3) is 8.60. The molecule has 0 aromatic carbocycles. The maximum Gasteiger partial charge on any atom is 0.441 e. The number of nitrogens with one attached hydrogen (secondary N) is 1. The van der Waals surface area contributed by atoms with Gasteiger partial charge in [0.05, 0.1) is 7.11 Å². The lowest BCUT2D eigenvalue weighted by molar-refractivity contribution is -0.136. The predicted molar refractivity (Wildman–Crippen MR) is 57.2 cm³/mol. The molecule has 0 spiro atoms. The molecule has 0 heterocycles. The molecule has 0 aromatic rings. The molecule has 0 bridgehead atoms. The molecule has 0 aliphatic heterocycles. The zero-order chi connectivity index (χ0) is 12.6. The Labute approximate surface area is 96.4 Å². The Hall–Kier alpha value is -0.690. The van der Waals surface area contributed by atoms with Crippen molar-refractivity contribution in [2.45, 2.75) is 12.4 Å². The van der Waals surface area contributed by atoms with Crippen molar-refractivity contribution in [2.75, 3.05) is 26.0 Å². The van der Waals surface area contributed by atoms with Crippen LogP contribution in [-0.4, -0.2) is 37.4 Å². The molecular weight excluding hydrogens is 243 g/mol. The minimum absolute atomic E-state index is 0.0470. The zero-order valence-electron chi connectivity index (χ0n) is 9.06. The van der Waals surface area contributed by atoms with Crippen molar-refractivity contribution >= 4 is 17.7 Å². The van der Waals surface area contributed by atoms with Gasteiger partial charge in [0.1, 0.15) is 0 Å². The van der Waals surface area contributed by atoms with Crippen molar-refractivity contribution in [1.29, 1.82) is 0 Å². The van der Waals surface area contributed by atoms with Gasteiger partial charge in [-0.15, -0.1) is 0 Å². The van der Waals surface area contributed by atoms with Crippen LogP contribution in [0.4, 0.5) is 13.2 Å². The highest BCUT2D eigenvalue weighted by Gasteiger charge is 2.27. The second kappa shape index (κ2) is 7.56. The Balaban J connectivity index is 3.57. The highest BCUT2D eigenvalue weighted by Crippen LogP contribution is 2.29. The fraction of sp³-hybridized carbons (Fsp3) is 0.667.